The maximum Gasteiger partial charge on any atom is 0.421 e. The second kappa shape index (κ2) is 9.92. The molecule has 7 nitrogen and oxygen atoms in total. The van der Waals surface area contributed by atoms with Crippen molar-refractivity contribution in [3.8, 4) is 0 Å². The van der Waals surface area contributed by atoms with E-state index in [2.05, 4.69) is 10.3 Å². The lowest BCUT2D eigenvalue weighted by molar-refractivity contribution is -0.114. The molecule has 2 amide bonds. The lowest BCUT2D eigenvalue weighted by Crippen LogP contribution is -2.30. The number of carbonyl (C=O) groups excluding carboxylic acids is 2. The largest absolute Gasteiger partial charge is 0.444 e. The first-order valence-corrected chi connectivity index (χ1v) is 7.98. The van der Waals surface area contributed by atoms with Gasteiger partial charge in [0, 0.05) is 12.3 Å². The van der Waals surface area contributed by atoms with E-state index in [1.54, 1.807) is 12.1 Å². The molecular weight excluding hydrogens is 371 g/mol. The summed E-state index contributed by atoms with van der Waals surface area (Å²) in [6, 6.07) is 4.66. The van der Waals surface area contributed by atoms with E-state index in [4.69, 9.17) is 10.6 Å². The summed E-state index contributed by atoms with van der Waals surface area (Å²) < 4.78 is 18.8. The summed E-state index contributed by atoms with van der Waals surface area (Å²) in [5.41, 5.74) is 3.68. The van der Waals surface area contributed by atoms with Crippen molar-refractivity contribution in [2.75, 3.05) is 5.32 Å². The molecule has 0 fully saturated rings. The average molecular weight is 389 g/mol. The standard InChI is InChI=1S/C15H17FN4O3S.ClH/c1-9(21)18-14-19-12(8-24-14)5-4-11-3-2-10(6-13(11)16)7-23-15(22)20-17;/h2-3,6,8H,4-5,7,17H2,1H3,(H,20,22)(H,18,19,21);1H. The highest BCUT2D eigenvalue weighted by molar-refractivity contribution is 7.13. The number of hydrogen-bond acceptors (Lipinski definition) is 6. The molecule has 0 aliphatic carbocycles. The van der Waals surface area contributed by atoms with Gasteiger partial charge in [0.05, 0.1) is 5.69 Å². The molecule has 2 aromatic rings. The minimum absolute atomic E-state index is 0. The maximum absolute atomic E-state index is 14.1. The zero-order valence-electron chi connectivity index (χ0n) is 13.4. The van der Waals surface area contributed by atoms with Gasteiger partial charge in [-0.25, -0.2) is 20.0 Å². The normalized spacial score (nSPS) is 9.88. The number of nitrogens with two attached hydrogens (primary N) is 1. The monoisotopic (exact) mass is 388 g/mol. The third-order valence-corrected chi connectivity index (χ3v) is 3.90. The van der Waals surface area contributed by atoms with E-state index in [1.165, 1.54) is 24.3 Å². The molecule has 0 unspecified atom stereocenters. The molecule has 2 rings (SSSR count). The smallest absolute Gasteiger partial charge is 0.421 e. The highest BCUT2D eigenvalue weighted by Crippen LogP contribution is 2.18. The zero-order valence-corrected chi connectivity index (χ0v) is 15.0. The number of amides is 2. The number of anilines is 1. The Labute approximate surface area is 154 Å². The lowest BCUT2D eigenvalue weighted by Gasteiger charge is -2.07. The maximum atomic E-state index is 14.1. The van der Waals surface area contributed by atoms with Crippen LogP contribution in [-0.2, 0) is 29.0 Å². The summed E-state index contributed by atoms with van der Waals surface area (Å²) in [4.78, 5) is 26.1. The first-order chi connectivity index (χ1) is 11.5. The Morgan fingerprint density at radius 3 is 2.76 bits per heavy atom. The van der Waals surface area contributed by atoms with E-state index < -0.39 is 6.09 Å². The summed E-state index contributed by atoms with van der Waals surface area (Å²) in [6.45, 7) is 1.35. The van der Waals surface area contributed by atoms with Gasteiger partial charge < -0.3 is 10.1 Å². The number of hydrazine groups is 1. The van der Waals surface area contributed by atoms with Crippen LogP contribution >= 0.6 is 23.7 Å². The van der Waals surface area contributed by atoms with Crippen LogP contribution in [-0.4, -0.2) is 17.0 Å². The Balaban J connectivity index is 0.00000312. The molecule has 10 heteroatoms. The molecule has 4 N–H and O–H groups in total. The van der Waals surface area contributed by atoms with E-state index in [9.17, 15) is 14.0 Å². The van der Waals surface area contributed by atoms with Gasteiger partial charge >= 0.3 is 6.09 Å². The second-order valence-corrected chi connectivity index (χ2v) is 5.83. The summed E-state index contributed by atoms with van der Waals surface area (Å²) in [7, 11) is 0. The Morgan fingerprint density at radius 1 is 1.36 bits per heavy atom. The second-order valence-electron chi connectivity index (χ2n) is 4.97. The Bertz CT molecular complexity index is 741. The van der Waals surface area contributed by atoms with Crippen molar-refractivity contribution < 1.29 is 18.7 Å². The highest BCUT2D eigenvalue weighted by atomic mass is 35.5. The number of rotatable bonds is 6. The zero-order chi connectivity index (χ0) is 17.5. The molecule has 0 spiro atoms. The molecule has 0 saturated heterocycles. The van der Waals surface area contributed by atoms with Crippen LogP contribution in [0, 0.1) is 5.82 Å². The van der Waals surface area contributed by atoms with Crippen molar-refractivity contribution >= 4 is 40.9 Å². The van der Waals surface area contributed by atoms with E-state index in [0.29, 0.717) is 29.1 Å². The summed E-state index contributed by atoms with van der Waals surface area (Å²) in [6.07, 6.45) is 0.246. The van der Waals surface area contributed by atoms with Gasteiger partial charge in [-0.15, -0.1) is 23.7 Å². The van der Waals surface area contributed by atoms with Gasteiger partial charge in [-0.2, -0.15) is 0 Å². The number of carbonyl (C=O) groups is 2. The molecule has 1 aromatic heterocycles. The van der Waals surface area contributed by atoms with Crippen LogP contribution in [0.25, 0.3) is 0 Å². The van der Waals surface area contributed by atoms with E-state index >= 15 is 0 Å². The number of aromatic nitrogens is 1. The van der Waals surface area contributed by atoms with Crippen LogP contribution in [0.5, 0.6) is 0 Å². The van der Waals surface area contributed by atoms with Gasteiger partial charge in [0.25, 0.3) is 0 Å². The van der Waals surface area contributed by atoms with Gasteiger partial charge in [0.1, 0.15) is 12.4 Å². The minimum atomic E-state index is -0.780. The number of ether oxygens (including phenoxy) is 1. The van der Waals surface area contributed by atoms with Crippen LogP contribution in [0.15, 0.2) is 23.6 Å². The molecule has 0 radical (unpaired) electrons. The van der Waals surface area contributed by atoms with Crippen LogP contribution in [0.3, 0.4) is 0 Å². The summed E-state index contributed by atoms with van der Waals surface area (Å²) >= 11 is 1.33. The van der Waals surface area contributed by atoms with Gasteiger partial charge in [0.2, 0.25) is 5.91 Å². The Hall–Kier alpha value is -2.23. The van der Waals surface area contributed by atoms with Crippen LogP contribution in [0.2, 0.25) is 0 Å². The number of halogens is 2. The van der Waals surface area contributed by atoms with Crippen LogP contribution in [0.4, 0.5) is 14.3 Å². The fraction of sp³-hybridized carbons (Fsp3) is 0.267. The van der Waals surface area contributed by atoms with Crippen molar-refractivity contribution in [3.63, 3.8) is 0 Å². The van der Waals surface area contributed by atoms with Crippen molar-refractivity contribution in [2.24, 2.45) is 5.84 Å². The van der Waals surface area contributed by atoms with E-state index in [1.807, 2.05) is 10.8 Å². The lowest BCUT2D eigenvalue weighted by atomic mass is 10.1. The molecule has 136 valence electrons. The quantitative estimate of drug-likeness (QED) is 0.400. The number of hydrogen-bond donors (Lipinski definition) is 3. The van der Waals surface area contributed by atoms with Gasteiger partial charge in [-0.05, 0) is 30.0 Å². The van der Waals surface area contributed by atoms with Crippen molar-refractivity contribution in [1.29, 1.82) is 0 Å². The van der Waals surface area contributed by atoms with Crippen molar-refractivity contribution in [3.05, 3.63) is 46.2 Å². The predicted molar refractivity (Wildman–Crippen MR) is 95.0 cm³/mol. The first-order valence-electron chi connectivity index (χ1n) is 7.10. The topological polar surface area (TPSA) is 106 Å². The van der Waals surface area contributed by atoms with Crippen LogP contribution in [0.1, 0.15) is 23.7 Å². The SMILES string of the molecule is CC(=O)Nc1nc(CCc2ccc(COC(=O)NN)cc2F)cs1.Cl. The molecule has 0 atom stereocenters. The minimum Gasteiger partial charge on any atom is -0.444 e. The third kappa shape index (κ3) is 6.65. The van der Waals surface area contributed by atoms with Crippen molar-refractivity contribution in [2.45, 2.75) is 26.4 Å². The fourth-order valence-electron chi connectivity index (χ4n) is 1.97. The molecular formula is C15H18ClFN4O3S. The van der Waals surface area contributed by atoms with E-state index in [-0.39, 0.29) is 30.7 Å². The molecule has 25 heavy (non-hydrogen) atoms. The summed E-state index contributed by atoms with van der Waals surface area (Å²) in [5.74, 6) is 4.34. The molecule has 1 aromatic carbocycles. The van der Waals surface area contributed by atoms with Crippen LogP contribution < -0.4 is 16.6 Å². The average Bonchev–Trinajstić information content (AvgIpc) is 2.98. The highest BCUT2D eigenvalue weighted by Gasteiger charge is 2.08. The Kier molecular flexibility index (Phi) is 8.26. The number of thiazole rings is 1. The molecule has 0 saturated carbocycles. The number of nitrogens with one attached hydrogen (secondary N) is 2. The molecule has 1 heterocycles. The third-order valence-electron chi connectivity index (χ3n) is 3.09. The van der Waals surface area contributed by atoms with E-state index in [0.717, 1.165) is 5.69 Å². The van der Waals surface area contributed by atoms with Gasteiger partial charge in [-0.1, -0.05) is 12.1 Å². The number of nitrogens with zero attached hydrogens (tertiary/aromatic N) is 1. The number of aryl methyl sites for hydroxylation is 2. The molecule has 0 aliphatic rings. The number of benzene rings is 1. The van der Waals surface area contributed by atoms with Gasteiger partial charge in [-0.3, -0.25) is 10.2 Å². The summed E-state index contributed by atoms with van der Waals surface area (Å²) in [5, 5.41) is 4.97. The predicted octanol–water partition coefficient (Wildman–Crippen LogP) is 2.55. The van der Waals surface area contributed by atoms with Gasteiger partial charge in [0.15, 0.2) is 5.13 Å². The Morgan fingerprint density at radius 2 is 2.12 bits per heavy atom. The van der Waals surface area contributed by atoms with Crippen molar-refractivity contribution in [1.82, 2.24) is 10.4 Å². The first kappa shape index (κ1) is 20.8. The fourth-order valence-corrected chi connectivity index (χ4v) is 2.76. The molecule has 0 aliphatic heterocycles. The molecule has 0 bridgehead atoms.